The molecule has 0 atom stereocenters. The molecule has 0 saturated heterocycles. The van der Waals surface area contributed by atoms with Gasteiger partial charge in [0.1, 0.15) is 12.4 Å². The van der Waals surface area contributed by atoms with Gasteiger partial charge in [-0.15, -0.1) is 0 Å². The predicted octanol–water partition coefficient (Wildman–Crippen LogP) is 2.35. The van der Waals surface area contributed by atoms with Crippen LogP contribution in [0.15, 0.2) is 30.3 Å². The molecule has 2 N–H and O–H groups in total. The number of hydrogen-bond acceptors (Lipinski definition) is 3. The van der Waals surface area contributed by atoms with Gasteiger partial charge in [-0.1, -0.05) is 31.0 Å². The summed E-state index contributed by atoms with van der Waals surface area (Å²) in [6, 6.07) is 9.82. The Morgan fingerprint density at radius 3 is 2.41 bits per heavy atom. The monoisotopic (exact) mass is 235 g/mol. The maximum atomic E-state index is 5.91. The van der Waals surface area contributed by atoms with E-state index in [1.807, 2.05) is 30.3 Å². The number of hydrogen-bond donors (Lipinski definition) is 1. The van der Waals surface area contributed by atoms with Crippen molar-refractivity contribution >= 4 is 0 Å². The van der Waals surface area contributed by atoms with Crippen LogP contribution in [0, 0.1) is 0 Å². The molecule has 0 amide bonds. The maximum Gasteiger partial charge on any atom is 0.119 e. The number of nitrogens with two attached hydrogens (primary N) is 1. The van der Waals surface area contributed by atoms with Gasteiger partial charge in [0, 0.05) is 6.54 Å². The highest BCUT2D eigenvalue weighted by Gasteiger charge is 2.33. The third-order valence-electron chi connectivity index (χ3n) is 3.39. The van der Waals surface area contributed by atoms with E-state index in [1.54, 1.807) is 0 Å². The minimum Gasteiger partial charge on any atom is -0.491 e. The molecule has 1 aromatic rings. The highest BCUT2D eigenvalue weighted by atomic mass is 16.5. The first-order chi connectivity index (χ1) is 8.35. The van der Waals surface area contributed by atoms with E-state index in [0.29, 0.717) is 19.8 Å². The van der Waals surface area contributed by atoms with Gasteiger partial charge in [0.2, 0.25) is 0 Å². The standard InChI is InChI=1S/C14H21NO2/c15-12-14(8-4-5-9-14)17-11-10-16-13-6-2-1-3-7-13/h1-3,6-7H,4-5,8-12,15H2. The van der Waals surface area contributed by atoms with E-state index in [4.69, 9.17) is 15.2 Å². The van der Waals surface area contributed by atoms with Crippen molar-refractivity contribution in [1.29, 1.82) is 0 Å². The summed E-state index contributed by atoms with van der Waals surface area (Å²) in [7, 11) is 0. The molecule has 0 unspecified atom stereocenters. The van der Waals surface area contributed by atoms with E-state index in [9.17, 15) is 0 Å². The lowest BCUT2D eigenvalue weighted by Gasteiger charge is -2.27. The fourth-order valence-corrected chi connectivity index (χ4v) is 2.36. The average Bonchev–Trinajstić information content (AvgIpc) is 2.85. The van der Waals surface area contributed by atoms with Crippen LogP contribution < -0.4 is 10.5 Å². The summed E-state index contributed by atoms with van der Waals surface area (Å²) in [6.45, 7) is 1.83. The van der Waals surface area contributed by atoms with Crippen molar-refractivity contribution in [1.82, 2.24) is 0 Å². The van der Waals surface area contributed by atoms with Crippen LogP contribution in [0.1, 0.15) is 25.7 Å². The van der Waals surface area contributed by atoms with Gasteiger partial charge in [-0.05, 0) is 25.0 Å². The van der Waals surface area contributed by atoms with Crippen molar-refractivity contribution in [3.63, 3.8) is 0 Å². The maximum absolute atomic E-state index is 5.91. The second-order valence-corrected chi connectivity index (χ2v) is 4.60. The van der Waals surface area contributed by atoms with E-state index in [1.165, 1.54) is 12.8 Å². The topological polar surface area (TPSA) is 44.5 Å². The number of ether oxygens (including phenoxy) is 2. The van der Waals surface area contributed by atoms with Crippen molar-refractivity contribution in [2.75, 3.05) is 19.8 Å². The lowest BCUT2D eigenvalue weighted by Crippen LogP contribution is -2.38. The predicted molar refractivity (Wildman–Crippen MR) is 68.1 cm³/mol. The highest BCUT2D eigenvalue weighted by Crippen LogP contribution is 2.32. The average molecular weight is 235 g/mol. The minimum absolute atomic E-state index is 0.0694. The third-order valence-corrected chi connectivity index (χ3v) is 3.39. The van der Waals surface area contributed by atoms with Crippen LogP contribution in [-0.2, 0) is 4.74 Å². The molecule has 2 rings (SSSR count). The molecule has 0 aliphatic heterocycles. The molecule has 0 bridgehead atoms. The van der Waals surface area contributed by atoms with Gasteiger partial charge in [-0.25, -0.2) is 0 Å². The van der Waals surface area contributed by atoms with Crippen LogP contribution in [0.5, 0.6) is 5.75 Å². The quantitative estimate of drug-likeness (QED) is 0.770. The summed E-state index contributed by atoms with van der Waals surface area (Å²) in [5, 5.41) is 0. The van der Waals surface area contributed by atoms with Crippen molar-refractivity contribution in [2.45, 2.75) is 31.3 Å². The Morgan fingerprint density at radius 2 is 1.76 bits per heavy atom. The molecule has 0 radical (unpaired) electrons. The first kappa shape index (κ1) is 12.4. The summed E-state index contributed by atoms with van der Waals surface area (Å²) in [4.78, 5) is 0. The molecule has 94 valence electrons. The zero-order valence-electron chi connectivity index (χ0n) is 10.2. The summed E-state index contributed by atoms with van der Waals surface area (Å²) < 4.78 is 11.5. The van der Waals surface area contributed by atoms with Crippen molar-refractivity contribution in [2.24, 2.45) is 5.73 Å². The largest absolute Gasteiger partial charge is 0.491 e. The molecular weight excluding hydrogens is 214 g/mol. The van der Waals surface area contributed by atoms with Gasteiger partial charge in [0.05, 0.1) is 12.2 Å². The molecule has 3 heteroatoms. The Kier molecular flexibility index (Phi) is 4.40. The summed E-state index contributed by atoms with van der Waals surface area (Å²) in [5.41, 5.74) is 5.73. The van der Waals surface area contributed by atoms with Gasteiger partial charge in [0.25, 0.3) is 0 Å². The first-order valence-electron chi connectivity index (χ1n) is 6.37. The smallest absolute Gasteiger partial charge is 0.119 e. The van der Waals surface area contributed by atoms with Gasteiger partial charge in [-0.2, -0.15) is 0 Å². The van der Waals surface area contributed by atoms with Crippen molar-refractivity contribution in [3.05, 3.63) is 30.3 Å². The van der Waals surface area contributed by atoms with E-state index >= 15 is 0 Å². The molecule has 0 heterocycles. The van der Waals surface area contributed by atoms with Gasteiger partial charge < -0.3 is 15.2 Å². The van der Waals surface area contributed by atoms with Crippen LogP contribution in [0.2, 0.25) is 0 Å². The van der Waals surface area contributed by atoms with E-state index in [2.05, 4.69) is 0 Å². The second-order valence-electron chi connectivity index (χ2n) is 4.60. The number of benzene rings is 1. The fraction of sp³-hybridized carbons (Fsp3) is 0.571. The molecule has 1 saturated carbocycles. The highest BCUT2D eigenvalue weighted by molar-refractivity contribution is 5.20. The minimum atomic E-state index is -0.0694. The lowest BCUT2D eigenvalue weighted by atomic mass is 10.0. The van der Waals surface area contributed by atoms with Crippen LogP contribution in [0.4, 0.5) is 0 Å². The molecule has 1 fully saturated rings. The SMILES string of the molecule is NCC1(OCCOc2ccccc2)CCCC1. The van der Waals surface area contributed by atoms with E-state index in [0.717, 1.165) is 18.6 Å². The Balaban J connectivity index is 1.69. The summed E-state index contributed by atoms with van der Waals surface area (Å²) in [6.07, 6.45) is 4.65. The van der Waals surface area contributed by atoms with Crippen LogP contribution in [0.3, 0.4) is 0 Å². The Labute approximate surface area is 103 Å². The normalized spacial score (nSPS) is 18.2. The fourth-order valence-electron chi connectivity index (χ4n) is 2.36. The van der Waals surface area contributed by atoms with Crippen molar-refractivity contribution in [3.8, 4) is 5.75 Å². The summed E-state index contributed by atoms with van der Waals surface area (Å²) >= 11 is 0. The van der Waals surface area contributed by atoms with Gasteiger partial charge in [-0.3, -0.25) is 0 Å². The molecule has 3 nitrogen and oxygen atoms in total. The zero-order valence-corrected chi connectivity index (χ0v) is 10.2. The number of para-hydroxylation sites is 1. The molecular formula is C14H21NO2. The Morgan fingerprint density at radius 1 is 1.06 bits per heavy atom. The molecule has 17 heavy (non-hydrogen) atoms. The lowest BCUT2D eigenvalue weighted by molar-refractivity contribution is -0.0441. The van der Waals surface area contributed by atoms with Crippen molar-refractivity contribution < 1.29 is 9.47 Å². The van der Waals surface area contributed by atoms with Crippen LogP contribution >= 0.6 is 0 Å². The molecule has 1 aliphatic rings. The Hall–Kier alpha value is -1.06. The Bertz CT molecular complexity index is 320. The second kappa shape index (κ2) is 6.03. The van der Waals surface area contributed by atoms with E-state index in [-0.39, 0.29) is 5.60 Å². The molecule has 0 aromatic heterocycles. The zero-order chi connectivity index (χ0) is 12.0. The van der Waals surface area contributed by atoms with Crippen LogP contribution in [0.25, 0.3) is 0 Å². The summed E-state index contributed by atoms with van der Waals surface area (Å²) in [5.74, 6) is 0.893. The number of rotatable bonds is 6. The molecule has 1 aromatic carbocycles. The van der Waals surface area contributed by atoms with E-state index < -0.39 is 0 Å². The third kappa shape index (κ3) is 3.45. The van der Waals surface area contributed by atoms with Gasteiger partial charge in [0.15, 0.2) is 0 Å². The molecule has 1 aliphatic carbocycles. The van der Waals surface area contributed by atoms with Gasteiger partial charge >= 0.3 is 0 Å². The van der Waals surface area contributed by atoms with Crippen LogP contribution in [-0.4, -0.2) is 25.4 Å². The molecule has 0 spiro atoms. The first-order valence-corrected chi connectivity index (χ1v) is 6.37.